The summed E-state index contributed by atoms with van der Waals surface area (Å²) in [6.07, 6.45) is 5.61. The number of halogens is 1. The fourth-order valence-corrected chi connectivity index (χ4v) is 1.79. The molecule has 0 bridgehead atoms. The number of fused-ring (bicyclic) bond motifs is 1. The van der Waals surface area contributed by atoms with E-state index in [2.05, 4.69) is 5.92 Å². The van der Waals surface area contributed by atoms with Crippen LogP contribution in [0.15, 0.2) is 22.6 Å². The van der Waals surface area contributed by atoms with Gasteiger partial charge in [0.05, 0.1) is 6.04 Å². The minimum Gasteiger partial charge on any atom is -0.459 e. The molecule has 0 radical (unpaired) electrons. The van der Waals surface area contributed by atoms with Gasteiger partial charge >= 0.3 is 0 Å². The van der Waals surface area contributed by atoms with Gasteiger partial charge in [-0.1, -0.05) is 0 Å². The van der Waals surface area contributed by atoms with Crippen LogP contribution in [0.5, 0.6) is 0 Å². The molecule has 1 atom stereocenters. The summed E-state index contributed by atoms with van der Waals surface area (Å²) in [5, 5.41) is 0.752. The number of aryl methyl sites for hydroxylation is 1. The van der Waals surface area contributed by atoms with Gasteiger partial charge in [0.1, 0.15) is 17.2 Å². The summed E-state index contributed by atoms with van der Waals surface area (Å²) in [6, 6.07) is 4.08. The molecule has 2 nitrogen and oxygen atoms in total. The Hall–Kier alpha value is -1.79. The van der Waals surface area contributed by atoms with E-state index < -0.39 is 0 Å². The summed E-state index contributed by atoms with van der Waals surface area (Å²) >= 11 is 0. The Morgan fingerprint density at radius 3 is 3.00 bits per heavy atom. The molecule has 1 unspecified atom stereocenters. The predicted molar refractivity (Wildman–Crippen MR) is 61.3 cm³/mol. The lowest BCUT2D eigenvalue weighted by Gasteiger charge is -2.04. The number of benzene rings is 1. The molecule has 3 heteroatoms. The van der Waals surface area contributed by atoms with Crippen LogP contribution >= 0.6 is 0 Å². The van der Waals surface area contributed by atoms with Gasteiger partial charge in [-0.2, -0.15) is 0 Å². The lowest BCUT2D eigenvalue weighted by atomic mass is 10.1. The molecular weight excluding hydrogens is 205 g/mol. The third-order valence-electron chi connectivity index (χ3n) is 2.61. The second kappa shape index (κ2) is 3.99. The third kappa shape index (κ3) is 1.68. The van der Waals surface area contributed by atoms with Crippen molar-refractivity contribution in [2.24, 2.45) is 5.73 Å². The van der Waals surface area contributed by atoms with Gasteiger partial charge in [-0.15, -0.1) is 12.3 Å². The Morgan fingerprint density at radius 2 is 2.31 bits per heavy atom. The molecule has 0 aliphatic carbocycles. The second-order valence-electron chi connectivity index (χ2n) is 3.75. The van der Waals surface area contributed by atoms with Gasteiger partial charge in [0, 0.05) is 17.4 Å². The minimum absolute atomic E-state index is 0.284. The molecule has 0 aliphatic heterocycles. The number of rotatable bonds is 2. The lowest BCUT2D eigenvalue weighted by molar-refractivity contribution is 0.496. The van der Waals surface area contributed by atoms with Crippen molar-refractivity contribution >= 4 is 11.0 Å². The fourth-order valence-electron chi connectivity index (χ4n) is 1.79. The number of hydrogen-bond acceptors (Lipinski definition) is 2. The highest BCUT2D eigenvalue weighted by Gasteiger charge is 2.16. The van der Waals surface area contributed by atoms with E-state index in [1.807, 2.05) is 6.92 Å². The Balaban J connectivity index is 2.57. The van der Waals surface area contributed by atoms with E-state index in [4.69, 9.17) is 16.6 Å². The molecule has 0 saturated carbocycles. The number of furan rings is 1. The first kappa shape index (κ1) is 10.7. The first-order valence-electron chi connectivity index (χ1n) is 5.01. The van der Waals surface area contributed by atoms with E-state index in [9.17, 15) is 4.39 Å². The summed E-state index contributed by atoms with van der Waals surface area (Å²) in [4.78, 5) is 0. The molecule has 16 heavy (non-hydrogen) atoms. The van der Waals surface area contributed by atoms with Gasteiger partial charge in [0.25, 0.3) is 0 Å². The Bertz CT molecular complexity index is 565. The molecule has 0 saturated heterocycles. The first-order valence-corrected chi connectivity index (χ1v) is 5.01. The van der Waals surface area contributed by atoms with Crippen LogP contribution in [0.3, 0.4) is 0 Å². The molecule has 1 aromatic heterocycles. The van der Waals surface area contributed by atoms with Crippen LogP contribution in [0.1, 0.15) is 23.8 Å². The largest absolute Gasteiger partial charge is 0.459 e. The average Bonchev–Trinajstić information content (AvgIpc) is 2.57. The van der Waals surface area contributed by atoms with Crippen molar-refractivity contribution in [2.45, 2.75) is 19.4 Å². The van der Waals surface area contributed by atoms with Crippen molar-refractivity contribution in [3.05, 3.63) is 35.3 Å². The predicted octanol–water partition coefficient (Wildman–Crippen LogP) is 2.90. The molecule has 2 aromatic rings. The highest BCUT2D eigenvalue weighted by molar-refractivity contribution is 5.82. The summed E-state index contributed by atoms with van der Waals surface area (Å²) in [7, 11) is 0. The Kier molecular flexibility index (Phi) is 2.67. The average molecular weight is 217 g/mol. The normalized spacial score (nSPS) is 12.6. The fraction of sp³-hybridized carbons (Fsp3) is 0.231. The van der Waals surface area contributed by atoms with Gasteiger partial charge in [0.2, 0.25) is 0 Å². The van der Waals surface area contributed by atoms with Crippen molar-refractivity contribution in [1.29, 1.82) is 0 Å². The molecular formula is C13H12FNO. The maximum Gasteiger partial charge on any atom is 0.134 e. The number of terminal acetylenes is 1. The van der Waals surface area contributed by atoms with Crippen LogP contribution in [0.4, 0.5) is 4.39 Å². The maximum absolute atomic E-state index is 13.1. The number of hydrogen-bond donors (Lipinski definition) is 1. The van der Waals surface area contributed by atoms with Gasteiger partial charge < -0.3 is 10.2 Å². The molecule has 0 amide bonds. The van der Waals surface area contributed by atoms with E-state index in [0.29, 0.717) is 17.8 Å². The summed E-state index contributed by atoms with van der Waals surface area (Å²) in [5.74, 6) is 2.84. The monoisotopic (exact) mass is 217 g/mol. The van der Waals surface area contributed by atoms with Crippen molar-refractivity contribution < 1.29 is 8.81 Å². The van der Waals surface area contributed by atoms with Crippen molar-refractivity contribution in [3.63, 3.8) is 0 Å². The molecule has 2 rings (SSSR count). The topological polar surface area (TPSA) is 39.2 Å². The zero-order chi connectivity index (χ0) is 11.7. The van der Waals surface area contributed by atoms with Gasteiger partial charge in [-0.3, -0.25) is 0 Å². The van der Waals surface area contributed by atoms with E-state index >= 15 is 0 Å². The van der Waals surface area contributed by atoms with Gasteiger partial charge in [0.15, 0.2) is 0 Å². The SMILES string of the molecule is C#CCC(N)c1oc2ccc(F)cc2c1C. The quantitative estimate of drug-likeness (QED) is 0.785. The molecule has 0 fully saturated rings. The maximum atomic E-state index is 13.1. The summed E-state index contributed by atoms with van der Waals surface area (Å²) in [5.41, 5.74) is 7.38. The van der Waals surface area contributed by atoms with Gasteiger partial charge in [-0.05, 0) is 25.1 Å². The highest BCUT2D eigenvalue weighted by Crippen LogP contribution is 2.30. The zero-order valence-electron chi connectivity index (χ0n) is 8.96. The van der Waals surface area contributed by atoms with E-state index in [1.54, 1.807) is 6.07 Å². The molecule has 2 N–H and O–H groups in total. The van der Waals surface area contributed by atoms with E-state index in [1.165, 1.54) is 12.1 Å². The smallest absolute Gasteiger partial charge is 0.134 e. The Morgan fingerprint density at radius 1 is 1.56 bits per heavy atom. The zero-order valence-corrected chi connectivity index (χ0v) is 8.96. The minimum atomic E-state index is -0.333. The molecule has 82 valence electrons. The van der Waals surface area contributed by atoms with Crippen molar-refractivity contribution in [1.82, 2.24) is 0 Å². The Labute approximate surface area is 93.2 Å². The summed E-state index contributed by atoms with van der Waals surface area (Å²) in [6.45, 7) is 1.86. The third-order valence-corrected chi connectivity index (χ3v) is 2.61. The van der Waals surface area contributed by atoms with Crippen molar-refractivity contribution in [3.8, 4) is 12.3 Å². The summed E-state index contributed by atoms with van der Waals surface area (Å²) < 4.78 is 18.7. The number of nitrogens with two attached hydrogens (primary N) is 1. The van der Waals surface area contributed by atoms with E-state index in [0.717, 1.165) is 10.9 Å². The van der Waals surface area contributed by atoms with E-state index in [-0.39, 0.29) is 11.9 Å². The molecule has 0 spiro atoms. The molecule has 0 aliphatic rings. The molecule has 1 aromatic carbocycles. The van der Waals surface area contributed by atoms with Crippen LogP contribution < -0.4 is 5.73 Å². The van der Waals surface area contributed by atoms with Crippen LogP contribution in [-0.4, -0.2) is 0 Å². The van der Waals surface area contributed by atoms with Crippen LogP contribution in [0, 0.1) is 25.1 Å². The lowest BCUT2D eigenvalue weighted by Crippen LogP contribution is -2.09. The molecule has 1 heterocycles. The van der Waals surface area contributed by atoms with Gasteiger partial charge in [-0.25, -0.2) is 4.39 Å². The highest BCUT2D eigenvalue weighted by atomic mass is 19.1. The van der Waals surface area contributed by atoms with Crippen LogP contribution in [0.25, 0.3) is 11.0 Å². The van der Waals surface area contributed by atoms with Crippen molar-refractivity contribution in [2.75, 3.05) is 0 Å². The second-order valence-corrected chi connectivity index (χ2v) is 3.75. The van der Waals surface area contributed by atoms with Crippen LogP contribution in [-0.2, 0) is 0 Å². The standard InChI is InChI=1S/C13H12FNO/c1-3-4-11(15)13-8(2)10-7-9(14)5-6-12(10)16-13/h1,5-7,11H,4,15H2,2H3. The van der Waals surface area contributed by atoms with Crippen LogP contribution in [0.2, 0.25) is 0 Å². The first-order chi connectivity index (χ1) is 7.63.